The van der Waals surface area contributed by atoms with E-state index in [-0.39, 0.29) is 18.0 Å². The van der Waals surface area contributed by atoms with Gasteiger partial charge in [0, 0.05) is 6.54 Å². The molecule has 0 aromatic heterocycles. The summed E-state index contributed by atoms with van der Waals surface area (Å²) in [5.74, 6) is -0.406. The van der Waals surface area contributed by atoms with Crippen molar-refractivity contribution >= 4 is 22.2 Å². The monoisotopic (exact) mass is 473 g/mol. The van der Waals surface area contributed by atoms with E-state index >= 15 is 0 Å². The highest BCUT2D eigenvalue weighted by atomic mass is 32.2. The molecule has 2 N–H and O–H groups in total. The lowest BCUT2D eigenvalue weighted by Gasteiger charge is -2.13. The molecule has 0 unspecified atom stereocenters. The van der Waals surface area contributed by atoms with Gasteiger partial charge < -0.3 is 5.11 Å². The van der Waals surface area contributed by atoms with Crippen LogP contribution in [0.1, 0.15) is 22.3 Å². The fourth-order valence-corrected chi connectivity index (χ4v) is 4.74. The first kappa shape index (κ1) is 23.4. The van der Waals surface area contributed by atoms with E-state index in [1.54, 1.807) is 12.1 Å². The molecule has 172 valence electrons. The van der Waals surface area contributed by atoms with Crippen molar-refractivity contribution in [3.63, 3.8) is 0 Å². The van der Waals surface area contributed by atoms with E-state index in [4.69, 9.17) is 0 Å². The Morgan fingerprint density at radius 1 is 0.765 bits per heavy atom. The van der Waals surface area contributed by atoms with Crippen molar-refractivity contribution in [2.24, 2.45) is 0 Å². The number of aromatic hydroxyl groups is 1. The lowest BCUT2D eigenvalue weighted by molar-refractivity contribution is 0.475. The summed E-state index contributed by atoms with van der Waals surface area (Å²) in [6.45, 7) is 0.135. The maximum absolute atomic E-state index is 13.1. The third kappa shape index (κ3) is 6.19. The number of sulfonamides is 1. The van der Waals surface area contributed by atoms with Gasteiger partial charge >= 0.3 is 0 Å². The van der Waals surface area contributed by atoms with Gasteiger partial charge in [-0.1, -0.05) is 84.9 Å². The van der Waals surface area contributed by atoms with Gasteiger partial charge in [-0.25, -0.2) is 17.5 Å². The summed E-state index contributed by atoms with van der Waals surface area (Å²) < 4.78 is 41.0. The first-order valence-electron chi connectivity index (χ1n) is 10.8. The van der Waals surface area contributed by atoms with Crippen LogP contribution in [0.2, 0.25) is 0 Å². The van der Waals surface area contributed by atoms with E-state index in [0.717, 1.165) is 27.8 Å². The number of phenols is 1. The zero-order chi connectivity index (χ0) is 24.0. The van der Waals surface area contributed by atoms with Crippen LogP contribution < -0.4 is 4.72 Å². The minimum Gasteiger partial charge on any atom is -0.508 e. The first-order chi connectivity index (χ1) is 16.4. The molecular weight excluding hydrogens is 449 g/mol. The number of halogens is 1. The third-order valence-electron chi connectivity index (χ3n) is 5.37. The second-order valence-electron chi connectivity index (χ2n) is 7.88. The molecule has 4 aromatic carbocycles. The van der Waals surface area contributed by atoms with Crippen molar-refractivity contribution in [2.45, 2.75) is 12.3 Å². The van der Waals surface area contributed by atoms with Crippen LogP contribution in [0.4, 0.5) is 4.39 Å². The zero-order valence-corrected chi connectivity index (χ0v) is 19.2. The Bertz CT molecular complexity index is 1400. The SMILES string of the molecule is O=S(=O)(Cc1ccc(F)cc1)NCc1ccccc1-c1ccccc1/C=C/c1ccc(O)cc1. The molecule has 4 nitrogen and oxygen atoms in total. The van der Waals surface area contributed by atoms with E-state index in [1.165, 1.54) is 24.3 Å². The van der Waals surface area contributed by atoms with Crippen LogP contribution in [-0.2, 0) is 22.3 Å². The Morgan fingerprint density at radius 2 is 1.41 bits per heavy atom. The zero-order valence-electron chi connectivity index (χ0n) is 18.4. The van der Waals surface area contributed by atoms with Gasteiger partial charge in [0.05, 0.1) is 5.75 Å². The van der Waals surface area contributed by atoms with Crippen molar-refractivity contribution in [3.8, 4) is 16.9 Å². The fraction of sp³-hybridized carbons (Fsp3) is 0.0714. The van der Waals surface area contributed by atoms with Crippen molar-refractivity contribution in [1.29, 1.82) is 0 Å². The maximum atomic E-state index is 13.1. The Labute approximate surface area is 199 Å². The van der Waals surface area contributed by atoms with Gasteiger partial charge in [-0.2, -0.15) is 0 Å². The average Bonchev–Trinajstić information content (AvgIpc) is 2.84. The molecule has 34 heavy (non-hydrogen) atoms. The number of hydrogen-bond acceptors (Lipinski definition) is 3. The Hall–Kier alpha value is -3.74. The highest BCUT2D eigenvalue weighted by Crippen LogP contribution is 2.29. The van der Waals surface area contributed by atoms with Crippen LogP contribution >= 0.6 is 0 Å². The topological polar surface area (TPSA) is 66.4 Å². The molecule has 4 rings (SSSR count). The molecule has 0 saturated carbocycles. The molecule has 0 atom stereocenters. The van der Waals surface area contributed by atoms with Gasteiger partial charge in [0.15, 0.2) is 0 Å². The van der Waals surface area contributed by atoms with Crippen LogP contribution in [-0.4, -0.2) is 13.5 Å². The minimum atomic E-state index is -3.61. The molecule has 0 saturated heterocycles. The lowest BCUT2D eigenvalue weighted by Crippen LogP contribution is -2.25. The molecule has 4 aromatic rings. The van der Waals surface area contributed by atoms with Crippen LogP contribution in [0.5, 0.6) is 5.75 Å². The molecule has 0 amide bonds. The number of hydrogen-bond donors (Lipinski definition) is 2. The lowest BCUT2D eigenvalue weighted by atomic mass is 9.95. The Balaban J connectivity index is 1.56. The van der Waals surface area contributed by atoms with Crippen LogP contribution in [0.25, 0.3) is 23.3 Å². The number of rotatable bonds is 8. The smallest absolute Gasteiger partial charge is 0.216 e. The largest absolute Gasteiger partial charge is 0.508 e. The summed E-state index contributed by atoms with van der Waals surface area (Å²) in [6, 6.07) is 28.0. The van der Waals surface area contributed by atoms with E-state index < -0.39 is 15.8 Å². The molecule has 0 bridgehead atoms. The van der Waals surface area contributed by atoms with Crippen molar-refractivity contribution < 1.29 is 17.9 Å². The molecule has 0 spiro atoms. The van der Waals surface area contributed by atoms with Crippen LogP contribution in [0.3, 0.4) is 0 Å². The molecule has 6 heteroatoms. The van der Waals surface area contributed by atoms with Crippen molar-refractivity contribution in [2.75, 3.05) is 0 Å². The van der Waals surface area contributed by atoms with Crippen molar-refractivity contribution in [1.82, 2.24) is 4.72 Å². The minimum absolute atomic E-state index is 0.135. The van der Waals surface area contributed by atoms with Crippen molar-refractivity contribution in [3.05, 3.63) is 125 Å². The summed E-state index contributed by atoms with van der Waals surface area (Å²) in [5, 5.41) is 9.48. The average molecular weight is 474 g/mol. The quantitative estimate of drug-likeness (QED) is 0.309. The van der Waals surface area contributed by atoms with Gasteiger partial charge in [-0.3, -0.25) is 0 Å². The number of benzene rings is 4. The van der Waals surface area contributed by atoms with Gasteiger partial charge in [0.25, 0.3) is 0 Å². The molecule has 0 radical (unpaired) electrons. The fourth-order valence-electron chi connectivity index (χ4n) is 3.64. The summed E-state index contributed by atoms with van der Waals surface area (Å²) >= 11 is 0. The predicted octanol–water partition coefficient (Wildman–Crippen LogP) is 5.99. The second-order valence-corrected chi connectivity index (χ2v) is 9.68. The first-order valence-corrected chi connectivity index (χ1v) is 12.4. The second kappa shape index (κ2) is 10.5. The third-order valence-corrected chi connectivity index (χ3v) is 6.67. The molecule has 0 fully saturated rings. The molecule has 0 aliphatic heterocycles. The van der Waals surface area contributed by atoms with E-state index in [1.807, 2.05) is 72.8 Å². The van der Waals surface area contributed by atoms with Gasteiger partial charge in [-0.05, 0) is 57.6 Å². The van der Waals surface area contributed by atoms with E-state index in [2.05, 4.69) is 4.72 Å². The van der Waals surface area contributed by atoms with Crippen LogP contribution in [0, 0.1) is 5.82 Å². The van der Waals surface area contributed by atoms with E-state index in [0.29, 0.717) is 5.56 Å². The normalized spacial score (nSPS) is 11.7. The van der Waals surface area contributed by atoms with Gasteiger partial charge in [0.2, 0.25) is 10.0 Å². The Morgan fingerprint density at radius 3 is 2.15 bits per heavy atom. The predicted molar refractivity (Wildman–Crippen MR) is 135 cm³/mol. The number of phenolic OH excluding ortho intramolecular Hbond substituents is 1. The number of nitrogens with one attached hydrogen (secondary N) is 1. The molecule has 0 aliphatic carbocycles. The molecule has 0 heterocycles. The van der Waals surface area contributed by atoms with E-state index in [9.17, 15) is 17.9 Å². The summed E-state index contributed by atoms with van der Waals surface area (Å²) in [6.07, 6.45) is 3.96. The molecular formula is C28H24FNO3S. The highest BCUT2D eigenvalue weighted by Gasteiger charge is 2.14. The van der Waals surface area contributed by atoms with Gasteiger partial charge in [0.1, 0.15) is 11.6 Å². The van der Waals surface area contributed by atoms with Gasteiger partial charge in [-0.15, -0.1) is 0 Å². The Kier molecular flexibility index (Phi) is 7.21. The summed E-state index contributed by atoms with van der Waals surface area (Å²) in [5.41, 5.74) is 5.21. The molecule has 0 aliphatic rings. The standard InChI is InChI=1S/C28H24FNO3S/c29-25-15-10-22(11-16-25)20-34(32,33)30-19-24-6-2-4-8-28(24)27-7-3-1-5-23(27)14-9-21-12-17-26(31)18-13-21/h1-18,30-31H,19-20H2/b14-9+. The summed E-state index contributed by atoms with van der Waals surface area (Å²) in [4.78, 5) is 0. The maximum Gasteiger partial charge on any atom is 0.216 e. The summed E-state index contributed by atoms with van der Waals surface area (Å²) in [7, 11) is -3.61. The van der Waals surface area contributed by atoms with Crippen LogP contribution in [0.15, 0.2) is 97.1 Å². The highest BCUT2D eigenvalue weighted by molar-refractivity contribution is 7.88.